The van der Waals surface area contributed by atoms with Crippen molar-refractivity contribution in [3.8, 4) is 0 Å². The van der Waals surface area contributed by atoms with Gasteiger partial charge in [-0.25, -0.2) is 8.42 Å². The summed E-state index contributed by atoms with van der Waals surface area (Å²) in [6.45, 7) is 3.27. The van der Waals surface area contributed by atoms with Crippen molar-refractivity contribution in [2.75, 3.05) is 23.8 Å². The average Bonchev–Trinajstić information content (AvgIpc) is 2.26. The average molecular weight is 333 g/mol. The van der Waals surface area contributed by atoms with Gasteiger partial charge in [0.15, 0.2) is 9.84 Å². The number of sulfone groups is 1. The molecule has 100 valence electrons. The molecule has 1 aromatic carbocycles. The zero-order valence-corrected chi connectivity index (χ0v) is 12.7. The summed E-state index contributed by atoms with van der Waals surface area (Å²) in [6.07, 6.45) is 0. The molecule has 2 rings (SSSR count). The number of benzene rings is 1. The largest absolute Gasteiger partial charge is 0.399 e. The fraction of sp³-hybridized carbons (Fsp3) is 0.500. The minimum atomic E-state index is -2.85. The van der Waals surface area contributed by atoms with Gasteiger partial charge in [0.05, 0.1) is 11.5 Å². The van der Waals surface area contributed by atoms with E-state index in [-0.39, 0.29) is 17.5 Å². The predicted molar refractivity (Wildman–Crippen MR) is 77.1 cm³/mol. The third-order valence-corrected chi connectivity index (χ3v) is 5.82. The molecule has 0 bridgehead atoms. The van der Waals surface area contributed by atoms with Gasteiger partial charge in [0, 0.05) is 29.3 Å². The molecule has 6 heteroatoms. The van der Waals surface area contributed by atoms with Gasteiger partial charge in [-0.3, -0.25) is 4.90 Å². The maximum absolute atomic E-state index is 11.5. The van der Waals surface area contributed by atoms with Crippen molar-refractivity contribution >= 4 is 31.5 Å². The Kier molecular flexibility index (Phi) is 3.99. The summed E-state index contributed by atoms with van der Waals surface area (Å²) in [5.74, 6) is 0.490. The molecule has 0 saturated carbocycles. The highest BCUT2D eigenvalue weighted by Crippen LogP contribution is 2.23. The number of nitrogen functional groups attached to an aromatic ring is 1. The Hall–Kier alpha value is -0.590. The van der Waals surface area contributed by atoms with Crippen LogP contribution >= 0.6 is 15.9 Å². The Bertz CT molecular complexity index is 545. The van der Waals surface area contributed by atoms with Crippen LogP contribution < -0.4 is 5.73 Å². The van der Waals surface area contributed by atoms with Crippen molar-refractivity contribution in [1.29, 1.82) is 0 Å². The molecule has 1 aliphatic rings. The van der Waals surface area contributed by atoms with E-state index in [2.05, 4.69) is 20.8 Å². The number of hydrogen-bond acceptors (Lipinski definition) is 4. The topological polar surface area (TPSA) is 63.4 Å². The fourth-order valence-electron chi connectivity index (χ4n) is 2.20. The molecular weight excluding hydrogens is 316 g/mol. The van der Waals surface area contributed by atoms with Crippen molar-refractivity contribution in [3.05, 3.63) is 28.2 Å². The molecular formula is C12H17BrN2O2S. The second kappa shape index (κ2) is 5.19. The van der Waals surface area contributed by atoms with Gasteiger partial charge in [-0.2, -0.15) is 0 Å². The quantitative estimate of drug-likeness (QED) is 0.836. The highest BCUT2D eigenvalue weighted by Gasteiger charge is 2.28. The van der Waals surface area contributed by atoms with E-state index in [4.69, 9.17) is 5.73 Å². The summed E-state index contributed by atoms with van der Waals surface area (Å²) in [4.78, 5) is 2.18. The SMILES string of the molecule is CC1CS(=O)(=O)CCN1Cc1cc(N)ccc1Br. The molecule has 4 nitrogen and oxygen atoms in total. The summed E-state index contributed by atoms with van der Waals surface area (Å²) >= 11 is 3.50. The van der Waals surface area contributed by atoms with E-state index in [1.165, 1.54) is 0 Å². The van der Waals surface area contributed by atoms with Crippen LogP contribution in [-0.2, 0) is 16.4 Å². The summed E-state index contributed by atoms with van der Waals surface area (Å²) in [5, 5.41) is 0. The Morgan fingerprint density at radius 1 is 1.50 bits per heavy atom. The zero-order chi connectivity index (χ0) is 13.3. The first kappa shape index (κ1) is 13.8. The summed E-state index contributed by atoms with van der Waals surface area (Å²) < 4.78 is 24.1. The minimum Gasteiger partial charge on any atom is -0.399 e. The smallest absolute Gasteiger partial charge is 0.153 e. The molecule has 2 N–H and O–H groups in total. The van der Waals surface area contributed by atoms with Crippen LogP contribution in [0.4, 0.5) is 5.69 Å². The molecule has 1 aliphatic heterocycles. The Morgan fingerprint density at radius 3 is 2.89 bits per heavy atom. The Balaban J connectivity index is 2.12. The Morgan fingerprint density at radius 2 is 2.22 bits per heavy atom. The molecule has 1 aromatic rings. The van der Waals surface area contributed by atoms with Crippen LogP contribution in [0.15, 0.2) is 22.7 Å². The maximum atomic E-state index is 11.5. The van der Waals surface area contributed by atoms with Crippen molar-refractivity contribution in [2.24, 2.45) is 0 Å². The number of nitrogens with zero attached hydrogens (tertiary/aromatic N) is 1. The minimum absolute atomic E-state index is 0.0529. The van der Waals surface area contributed by atoms with Crippen molar-refractivity contribution in [2.45, 2.75) is 19.5 Å². The first-order valence-corrected chi connectivity index (χ1v) is 8.47. The number of halogens is 1. The van der Waals surface area contributed by atoms with Gasteiger partial charge in [0.2, 0.25) is 0 Å². The molecule has 1 fully saturated rings. The van der Waals surface area contributed by atoms with E-state index in [0.29, 0.717) is 6.54 Å². The second-order valence-electron chi connectivity index (χ2n) is 4.78. The first-order valence-electron chi connectivity index (χ1n) is 5.86. The Labute approximate surface area is 116 Å². The van der Waals surface area contributed by atoms with E-state index in [0.717, 1.165) is 22.3 Å². The van der Waals surface area contributed by atoms with E-state index in [1.54, 1.807) is 0 Å². The van der Waals surface area contributed by atoms with E-state index >= 15 is 0 Å². The molecule has 0 amide bonds. The van der Waals surface area contributed by atoms with Gasteiger partial charge in [-0.15, -0.1) is 0 Å². The van der Waals surface area contributed by atoms with Crippen molar-refractivity contribution in [3.63, 3.8) is 0 Å². The number of anilines is 1. The van der Waals surface area contributed by atoms with Gasteiger partial charge >= 0.3 is 0 Å². The molecule has 0 aromatic heterocycles. The molecule has 1 atom stereocenters. The van der Waals surface area contributed by atoms with Crippen LogP contribution in [0, 0.1) is 0 Å². The van der Waals surface area contributed by atoms with E-state index in [9.17, 15) is 8.42 Å². The van der Waals surface area contributed by atoms with Gasteiger partial charge in [-0.1, -0.05) is 15.9 Å². The molecule has 18 heavy (non-hydrogen) atoms. The fourth-order valence-corrected chi connectivity index (χ4v) is 4.20. The predicted octanol–water partition coefficient (Wildman–Crippen LogP) is 1.65. The standard InChI is InChI=1S/C12H17BrN2O2S/c1-9-8-18(16,17)5-4-15(9)7-10-6-11(14)2-3-12(10)13/h2-3,6,9H,4-5,7-8,14H2,1H3. The van der Waals surface area contributed by atoms with Gasteiger partial charge in [0.25, 0.3) is 0 Å². The second-order valence-corrected chi connectivity index (χ2v) is 7.87. The lowest BCUT2D eigenvalue weighted by Gasteiger charge is -2.33. The number of nitrogens with two attached hydrogens (primary N) is 1. The monoisotopic (exact) mass is 332 g/mol. The molecule has 1 heterocycles. The summed E-state index contributed by atoms with van der Waals surface area (Å²) in [6, 6.07) is 5.75. The third-order valence-electron chi connectivity index (χ3n) is 3.25. The number of hydrogen-bond donors (Lipinski definition) is 1. The van der Waals surface area contributed by atoms with Crippen LogP contribution in [0.2, 0.25) is 0 Å². The highest BCUT2D eigenvalue weighted by molar-refractivity contribution is 9.10. The lowest BCUT2D eigenvalue weighted by atomic mass is 10.1. The van der Waals surface area contributed by atoms with Crippen LogP contribution in [0.3, 0.4) is 0 Å². The molecule has 0 radical (unpaired) electrons. The van der Waals surface area contributed by atoms with Crippen molar-refractivity contribution in [1.82, 2.24) is 4.90 Å². The normalized spacial score (nSPS) is 24.0. The van der Waals surface area contributed by atoms with Crippen LogP contribution in [0.5, 0.6) is 0 Å². The maximum Gasteiger partial charge on any atom is 0.153 e. The summed E-state index contributed by atoms with van der Waals surface area (Å²) in [5.41, 5.74) is 7.60. The summed E-state index contributed by atoms with van der Waals surface area (Å²) in [7, 11) is -2.85. The zero-order valence-electron chi connectivity index (χ0n) is 10.3. The van der Waals surface area contributed by atoms with Crippen molar-refractivity contribution < 1.29 is 8.42 Å². The van der Waals surface area contributed by atoms with E-state index < -0.39 is 9.84 Å². The van der Waals surface area contributed by atoms with E-state index in [1.807, 2.05) is 25.1 Å². The van der Waals surface area contributed by atoms with Gasteiger partial charge in [-0.05, 0) is 30.7 Å². The third kappa shape index (κ3) is 3.24. The van der Waals surface area contributed by atoms with Crippen LogP contribution in [-0.4, -0.2) is 37.4 Å². The van der Waals surface area contributed by atoms with Crippen LogP contribution in [0.25, 0.3) is 0 Å². The highest BCUT2D eigenvalue weighted by atomic mass is 79.9. The molecule has 0 aliphatic carbocycles. The molecule has 1 unspecified atom stereocenters. The van der Waals surface area contributed by atoms with Gasteiger partial charge in [0.1, 0.15) is 0 Å². The lowest BCUT2D eigenvalue weighted by molar-refractivity contribution is 0.218. The number of rotatable bonds is 2. The van der Waals surface area contributed by atoms with Crippen LogP contribution in [0.1, 0.15) is 12.5 Å². The first-order chi connectivity index (χ1) is 8.37. The van der Waals surface area contributed by atoms with Gasteiger partial charge < -0.3 is 5.73 Å². The molecule has 1 saturated heterocycles. The lowest BCUT2D eigenvalue weighted by Crippen LogP contribution is -2.46. The molecule has 0 spiro atoms.